The number of hydrogen-bond acceptors (Lipinski definition) is 5. The van der Waals surface area contributed by atoms with E-state index in [0.29, 0.717) is 13.2 Å². The first-order chi connectivity index (χ1) is 11.8. The van der Waals surface area contributed by atoms with Crippen molar-refractivity contribution < 1.29 is 13.9 Å². The molecule has 5 nitrogen and oxygen atoms in total. The van der Waals surface area contributed by atoms with Crippen LogP contribution in [0.25, 0.3) is 0 Å². The minimum absolute atomic E-state index is 0.243. The Morgan fingerprint density at radius 1 is 1.08 bits per heavy atom. The third-order valence-electron chi connectivity index (χ3n) is 4.40. The van der Waals surface area contributed by atoms with Gasteiger partial charge in [-0.1, -0.05) is 19.9 Å². The number of nitrogens with zero attached hydrogens (tertiary/aromatic N) is 1. The van der Waals surface area contributed by atoms with Crippen LogP contribution in [0.3, 0.4) is 0 Å². The fourth-order valence-electron chi connectivity index (χ4n) is 3.11. The van der Waals surface area contributed by atoms with Crippen LogP contribution >= 0.6 is 0 Å². The minimum Gasteiger partial charge on any atom is -0.486 e. The van der Waals surface area contributed by atoms with Crippen molar-refractivity contribution in [3.8, 4) is 11.5 Å². The Morgan fingerprint density at radius 3 is 2.58 bits per heavy atom. The first-order valence-electron chi connectivity index (χ1n) is 8.68. The first-order valence-corrected chi connectivity index (χ1v) is 8.68. The van der Waals surface area contributed by atoms with Crippen LogP contribution in [0.1, 0.15) is 31.2 Å². The summed E-state index contributed by atoms with van der Waals surface area (Å²) in [6.07, 6.45) is 1.74. The normalized spacial score (nSPS) is 14.8. The van der Waals surface area contributed by atoms with E-state index in [2.05, 4.69) is 42.3 Å². The van der Waals surface area contributed by atoms with Gasteiger partial charge in [0.05, 0.1) is 12.3 Å². The lowest BCUT2D eigenvalue weighted by Crippen LogP contribution is -2.35. The van der Waals surface area contributed by atoms with Gasteiger partial charge in [0, 0.05) is 13.1 Å². The highest BCUT2D eigenvalue weighted by atomic mass is 16.6. The second-order valence-electron chi connectivity index (χ2n) is 5.86. The molecular formula is C19H26N2O3. The summed E-state index contributed by atoms with van der Waals surface area (Å²) in [5.41, 5.74) is 1.19. The summed E-state index contributed by atoms with van der Waals surface area (Å²) in [7, 11) is 0. The molecular weight excluding hydrogens is 304 g/mol. The average molecular weight is 330 g/mol. The second-order valence-corrected chi connectivity index (χ2v) is 5.86. The van der Waals surface area contributed by atoms with Gasteiger partial charge in [-0.3, -0.25) is 4.90 Å². The van der Waals surface area contributed by atoms with E-state index in [1.54, 1.807) is 6.26 Å². The SMILES string of the molecule is CCN(CC)C(CNCc1ccc2c(c1)OCCO2)c1ccco1. The maximum Gasteiger partial charge on any atom is 0.161 e. The smallest absolute Gasteiger partial charge is 0.161 e. The highest BCUT2D eigenvalue weighted by Crippen LogP contribution is 2.30. The number of benzene rings is 1. The van der Waals surface area contributed by atoms with Crippen molar-refractivity contribution in [3.63, 3.8) is 0 Å². The predicted octanol–water partition coefficient (Wildman–Crippen LogP) is 3.22. The van der Waals surface area contributed by atoms with Crippen molar-refractivity contribution in [2.45, 2.75) is 26.4 Å². The average Bonchev–Trinajstić information content (AvgIpc) is 3.15. The Kier molecular flexibility index (Phi) is 5.77. The van der Waals surface area contributed by atoms with Gasteiger partial charge in [-0.25, -0.2) is 0 Å². The van der Waals surface area contributed by atoms with Crippen LogP contribution in [0.4, 0.5) is 0 Å². The number of rotatable bonds is 8. The zero-order chi connectivity index (χ0) is 16.8. The van der Waals surface area contributed by atoms with Crippen molar-refractivity contribution in [1.82, 2.24) is 10.2 Å². The Balaban J connectivity index is 1.61. The van der Waals surface area contributed by atoms with E-state index >= 15 is 0 Å². The second kappa shape index (κ2) is 8.22. The van der Waals surface area contributed by atoms with Crippen molar-refractivity contribution in [2.24, 2.45) is 0 Å². The molecule has 2 heterocycles. The predicted molar refractivity (Wildman–Crippen MR) is 93.5 cm³/mol. The summed E-state index contributed by atoms with van der Waals surface area (Å²) in [5, 5.41) is 3.55. The van der Waals surface area contributed by atoms with Crippen LogP contribution in [0.5, 0.6) is 11.5 Å². The van der Waals surface area contributed by atoms with Gasteiger partial charge >= 0.3 is 0 Å². The molecule has 1 aliphatic rings. The summed E-state index contributed by atoms with van der Waals surface area (Å²) in [6.45, 7) is 9.21. The summed E-state index contributed by atoms with van der Waals surface area (Å²) >= 11 is 0. The molecule has 0 amide bonds. The highest BCUT2D eigenvalue weighted by Gasteiger charge is 2.20. The molecule has 3 rings (SSSR count). The molecule has 1 atom stereocenters. The number of furan rings is 1. The Hall–Kier alpha value is -1.98. The van der Waals surface area contributed by atoms with Gasteiger partial charge in [0.15, 0.2) is 11.5 Å². The van der Waals surface area contributed by atoms with E-state index in [-0.39, 0.29) is 6.04 Å². The molecule has 0 fully saturated rings. The van der Waals surface area contributed by atoms with Crippen molar-refractivity contribution >= 4 is 0 Å². The van der Waals surface area contributed by atoms with Gasteiger partial charge in [0.25, 0.3) is 0 Å². The third-order valence-corrected chi connectivity index (χ3v) is 4.40. The first kappa shape index (κ1) is 16.9. The van der Waals surface area contributed by atoms with E-state index in [4.69, 9.17) is 13.9 Å². The summed E-state index contributed by atoms with van der Waals surface area (Å²) in [4.78, 5) is 2.40. The van der Waals surface area contributed by atoms with Gasteiger partial charge in [0.2, 0.25) is 0 Å². The zero-order valence-corrected chi connectivity index (χ0v) is 14.5. The van der Waals surface area contributed by atoms with Crippen molar-refractivity contribution in [2.75, 3.05) is 32.8 Å². The molecule has 1 unspecified atom stereocenters. The lowest BCUT2D eigenvalue weighted by atomic mass is 10.1. The van der Waals surface area contributed by atoms with Crippen LogP contribution in [-0.4, -0.2) is 37.7 Å². The molecule has 1 aromatic heterocycles. The molecule has 2 aromatic rings. The largest absolute Gasteiger partial charge is 0.486 e. The summed E-state index contributed by atoms with van der Waals surface area (Å²) in [5.74, 6) is 2.68. The fourth-order valence-corrected chi connectivity index (χ4v) is 3.11. The molecule has 130 valence electrons. The van der Waals surface area contributed by atoms with Crippen LogP contribution in [0, 0.1) is 0 Å². The minimum atomic E-state index is 0.243. The van der Waals surface area contributed by atoms with Crippen molar-refractivity contribution in [1.29, 1.82) is 0 Å². The monoisotopic (exact) mass is 330 g/mol. The molecule has 0 bridgehead atoms. The number of nitrogens with one attached hydrogen (secondary N) is 1. The van der Waals surface area contributed by atoms with Gasteiger partial charge in [0.1, 0.15) is 19.0 Å². The van der Waals surface area contributed by atoms with Gasteiger partial charge < -0.3 is 19.2 Å². The molecule has 24 heavy (non-hydrogen) atoms. The van der Waals surface area contributed by atoms with Gasteiger partial charge in [-0.2, -0.15) is 0 Å². The molecule has 0 saturated heterocycles. The fraction of sp³-hybridized carbons (Fsp3) is 0.474. The highest BCUT2D eigenvalue weighted by molar-refractivity contribution is 5.43. The molecule has 0 spiro atoms. The molecule has 1 aromatic carbocycles. The van der Waals surface area contributed by atoms with E-state index in [1.807, 2.05) is 12.1 Å². The zero-order valence-electron chi connectivity index (χ0n) is 14.5. The molecule has 1 aliphatic heterocycles. The summed E-state index contributed by atoms with van der Waals surface area (Å²) < 4.78 is 16.9. The van der Waals surface area contributed by atoms with Crippen molar-refractivity contribution in [3.05, 3.63) is 47.9 Å². The molecule has 5 heteroatoms. The van der Waals surface area contributed by atoms with E-state index in [1.165, 1.54) is 5.56 Å². The molecule has 0 saturated carbocycles. The molecule has 1 N–H and O–H groups in total. The quantitative estimate of drug-likeness (QED) is 0.805. The van der Waals surface area contributed by atoms with Gasteiger partial charge in [-0.05, 0) is 42.9 Å². The Morgan fingerprint density at radius 2 is 1.88 bits per heavy atom. The lowest BCUT2D eigenvalue weighted by molar-refractivity contribution is 0.171. The summed E-state index contributed by atoms with van der Waals surface area (Å²) in [6, 6.07) is 10.4. The van der Waals surface area contributed by atoms with Crippen LogP contribution in [0.15, 0.2) is 41.0 Å². The standard InChI is InChI=1S/C19H26N2O3/c1-3-21(4-2)16(17-6-5-9-22-17)14-20-13-15-7-8-18-19(12-15)24-11-10-23-18/h5-9,12,16,20H,3-4,10-11,13-14H2,1-2H3. The molecule has 0 radical (unpaired) electrons. The molecule has 0 aliphatic carbocycles. The number of fused-ring (bicyclic) bond motifs is 1. The van der Waals surface area contributed by atoms with Crippen LogP contribution < -0.4 is 14.8 Å². The van der Waals surface area contributed by atoms with Crippen LogP contribution in [-0.2, 0) is 6.54 Å². The van der Waals surface area contributed by atoms with Crippen LogP contribution in [0.2, 0.25) is 0 Å². The van der Waals surface area contributed by atoms with E-state index < -0.39 is 0 Å². The third kappa shape index (κ3) is 3.91. The Labute approximate surface area is 143 Å². The Bertz CT molecular complexity index is 624. The number of likely N-dealkylation sites (N-methyl/N-ethyl adjacent to an activating group) is 1. The number of ether oxygens (including phenoxy) is 2. The van der Waals surface area contributed by atoms with E-state index in [0.717, 1.165) is 43.4 Å². The topological polar surface area (TPSA) is 46.9 Å². The number of hydrogen-bond donors (Lipinski definition) is 1. The maximum atomic E-state index is 5.65. The maximum absolute atomic E-state index is 5.65. The lowest BCUT2D eigenvalue weighted by Gasteiger charge is -2.28. The van der Waals surface area contributed by atoms with Gasteiger partial charge in [-0.15, -0.1) is 0 Å². The van der Waals surface area contributed by atoms with E-state index in [9.17, 15) is 0 Å².